The van der Waals surface area contributed by atoms with Gasteiger partial charge in [0.2, 0.25) is 5.91 Å². The molecule has 0 N–H and O–H groups in total. The summed E-state index contributed by atoms with van der Waals surface area (Å²) in [6.45, 7) is 0.854. The molecule has 0 saturated heterocycles. The molecule has 1 aromatic rings. The molecule has 0 saturated carbocycles. The fourth-order valence-corrected chi connectivity index (χ4v) is 2.12. The molecule has 0 aliphatic carbocycles. The number of hydrogen-bond donors (Lipinski definition) is 0. The molecule has 0 unspecified atom stereocenters. The van der Waals surface area contributed by atoms with Crippen LogP contribution in [0.3, 0.4) is 0 Å². The fourth-order valence-electron chi connectivity index (χ4n) is 2.12. The molecule has 0 radical (unpaired) electrons. The smallest absolute Gasteiger partial charge is 0.227 e. The summed E-state index contributed by atoms with van der Waals surface area (Å²) in [5, 5.41) is 3.43. The maximum absolute atomic E-state index is 13.1. The highest BCUT2D eigenvalue weighted by Crippen LogP contribution is 2.28. The summed E-state index contributed by atoms with van der Waals surface area (Å²) in [5.41, 5.74) is 9.81. The quantitative estimate of drug-likeness (QED) is 0.349. The lowest BCUT2D eigenvalue weighted by atomic mass is 10.0. The van der Waals surface area contributed by atoms with Crippen LogP contribution in [-0.2, 0) is 11.2 Å². The number of amides is 1. The van der Waals surface area contributed by atoms with Crippen LogP contribution in [0.4, 0.5) is 10.1 Å². The first-order valence-electron chi connectivity index (χ1n) is 5.82. The Morgan fingerprint density at radius 1 is 1.44 bits per heavy atom. The first kappa shape index (κ1) is 12.4. The molecule has 1 aliphatic heterocycles. The van der Waals surface area contributed by atoms with E-state index in [0.29, 0.717) is 32.4 Å². The van der Waals surface area contributed by atoms with Gasteiger partial charge in [0.15, 0.2) is 0 Å². The van der Waals surface area contributed by atoms with Gasteiger partial charge in [-0.3, -0.25) is 4.79 Å². The van der Waals surface area contributed by atoms with Gasteiger partial charge in [-0.15, -0.1) is 0 Å². The van der Waals surface area contributed by atoms with E-state index >= 15 is 0 Å². The van der Waals surface area contributed by atoms with Gasteiger partial charge in [0.1, 0.15) is 5.82 Å². The SMILES string of the molecule is [N-]=[N+]=NCCCN1C(=O)CCc2cc(F)ccc21. The van der Waals surface area contributed by atoms with E-state index in [1.807, 2.05) is 0 Å². The van der Waals surface area contributed by atoms with Gasteiger partial charge in [0.05, 0.1) is 0 Å². The van der Waals surface area contributed by atoms with Crippen LogP contribution in [0, 0.1) is 5.82 Å². The Bertz CT molecular complexity index is 511. The number of hydrogen-bond acceptors (Lipinski definition) is 2. The molecule has 6 heteroatoms. The van der Waals surface area contributed by atoms with E-state index in [-0.39, 0.29) is 11.7 Å². The third kappa shape index (κ3) is 2.60. The lowest BCUT2D eigenvalue weighted by molar-refractivity contribution is -0.118. The van der Waals surface area contributed by atoms with Crippen molar-refractivity contribution in [3.8, 4) is 0 Å². The number of nitrogens with zero attached hydrogens (tertiary/aromatic N) is 4. The van der Waals surface area contributed by atoms with E-state index in [2.05, 4.69) is 10.0 Å². The van der Waals surface area contributed by atoms with Crippen molar-refractivity contribution in [2.24, 2.45) is 5.11 Å². The standard InChI is InChI=1S/C12H13FN4O/c13-10-3-4-11-9(8-10)2-5-12(18)17(11)7-1-6-15-16-14/h3-4,8H,1-2,5-7H2. The number of azide groups is 1. The van der Waals surface area contributed by atoms with E-state index in [9.17, 15) is 9.18 Å². The van der Waals surface area contributed by atoms with Gasteiger partial charge in [0.25, 0.3) is 0 Å². The molecule has 1 heterocycles. The summed E-state index contributed by atoms with van der Waals surface area (Å²) in [6.07, 6.45) is 1.59. The molecular formula is C12H13FN4O. The van der Waals surface area contributed by atoms with E-state index in [4.69, 9.17) is 5.53 Å². The zero-order chi connectivity index (χ0) is 13.0. The van der Waals surface area contributed by atoms with Crippen molar-refractivity contribution in [3.63, 3.8) is 0 Å². The number of anilines is 1. The van der Waals surface area contributed by atoms with Crippen LogP contribution in [0.1, 0.15) is 18.4 Å². The van der Waals surface area contributed by atoms with Gasteiger partial charge in [-0.1, -0.05) is 5.11 Å². The van der Waals surface area contributed by atoms with Crippen LogP contribution in [-0.4, -0.2) is 19.0 Å². The maximum Gasteiger partial charge on any atom is 0.227 e. The molecule has 1 aliphatic rings. The third-order valence-electron chi connectivity index (χ3n) is 2.94. The minimum Gasteiger partial charge on any atom is -0.312 e. The van der Waals surface area contributed by atoms with Crippen molar-refractivity contribution in [2.45, 2.75) is 19.3 Å². The lowest BCUT2D eigenvalue weighted by Crippen LogP contribution is -2.36. The predicted molar refractivity (Wildman–Crippen MR) is 65.7 cm³/mol. The van der Waals surface area contributed by atoms with Crippen LogP contribution in [0.2, 0.25) is 0 Å². The summed E-state index contributed by atoms with van der Waals surface area (Å²) in [4.78, 5) is 16.1. The van der Waals surface area contributed by atoms with Crippen molar-refractivity contribution in [1.82, 2.24) is 0 Å². The number of benzene rings is 1. The van der Waals surface area contributed by atoms with Gasteiger partial charge < -0.3 is 4.90 Å². The van der Waals surface area contributed by atoms with Crippen molar-refractivity contribution in [2.75, 3.05) is 18.0 Å². The van der Waals surface area contributed by atoms with Crippen LogP contribution in [0.5, 0.6) is 0 Å². The number of halogens is 1. The Kier molecular flexibility index (Phi) is 3.79. The minimum atomic E-state index is -0.280. The van der Waals surface area contributed by atoms with Crippen LogP contribution in [0.25, 0.3) is 10.4 Å². The topological polar surface area (TPSA) is 69.1 Å². The molecule has 0 fully saturated rings. The Labute approximate surface area is 104 Å². The third-order valence-corrected chi connectivity index (χ3v) is 2.94. The number of fused-ring (bicyclic) bond motifs is 1. The van der Waals surface area contributed by atoms with E-state index in [1.165, 1.54) is 12.1 Å². The van der Waals surface area contributed by atoms with E-state index in [1.54, 1.807) is 11.0 Å². The summed E-state index contributed by atoms with van der Waals surface area (Å²) in [7, 11) is 0. The zero-order valence-corrected chi connectivity index (χ0v) is 9.84. The van der Waals surface area contributed by atoms with Gasteiger partial charge in [0, 0.05) is 30.1 Å². The van der Waals surface area contributed by atoms with Gasteiger partial charge in [-0.05, 0) is 42.1 Å². The van der Waals surface area contributed by atoms with Crippen molar-refractivity contribution in [1.29, 1.82) is 0 Å². The summed E-state index contributed by atoms with van der Waals surface area (Å²) in [6, 6.07) is 4.47. The average molecular weight is 248 g/mol. The average Bonchev–Trinajstić information content (AvgIpc) is 2.37. The fraction of sp³-hybridized carbons (Fsp3) is 0.417. The van der Waals surface area contributed by atoms with E-state index < -0.39 is 0 Å². The van der Waals surface area contributed by atoms with Crippen molar-refractivity contribution in [3.05, 3.63) is 40.0 Å². The highest BCUT2D eigenvalue weighted by atomic mass is 19.1. The molecule has 18 heavy (non-hydrogen) atoms. The zero-order valence-electron chi connectivity index (χ0n) is 9.84. The highest BCUT2D eigenvalue weighted by Gasteiger charge is 2.23. The van der Waals surface area contributed by atoms with Crippen LogP contribution >= 0.6 is 0 Å². The van der Waals surface area contributed by atoms with Crippen LogP contribution < -0.4 is 4.90 Å². The second kappa shape index (κ2) is 5.51. The van der Waals surface area contributed by atoms with Crippen molar-refractivity contribution >= 4 is 11.6 Å². The van der Waals surface area contributed by atoms with Crippen LogP contribution in [0.15, 0.2) is 23.3 Å². The van der Waals surface area contributed by atoms with E-state index in [0.717, 1.165) is 11.3 Å². The Balaban J connectivity index is 2.14. The second-order valence-electron chi connectivity index (χ2n) is 4.13. The van der Waals surface area contributed by atoms with Crippen molar-refractivity contribution < 1.29 is 9.18 Å². The number of carbonyl (C=O) groups is 1. The van der Waals surface area contributed by atoms with Gasteiger partial charge in [-0.25, -0.2) is 4.39 Å². The van der Waals surface area contributed by atoms with Gasteiger partial charge >= 0.3 is 0 Å². The number of aryl methyl sites for hydroxylation is 1. The first-order chi connectivity index (χ1) is 8.72. The summed E-state index contributed by atoms with van der Waals surface area (Å²) in [5.74, 6) is -0.243. The van der Waals surface area contributed by atoms with Gasteiger partial charge in [-0.2, -0.15) is 0 Å². The Morgan fingerprint density at radius 3 is 3.06 bits per heavy atom. The molecule has 1 amide bonds. The Morgan fingerprint density at radius 2 is 2.28 bits per heavy atom. The molecule has 0 bridgehead atoms. The minimum absolute atomic E-state index is 0.0371. The Hall–Kier alpha value is -2.07. The first-order valence-corrected chi connectivity index (χ1v) is 5.82. The number of rotatable bonds is 4. The lowest BCUT2D eigenvalue weighted by Gasteiger charge is -2.29. The molecule has 0 aromatic heterocycles. The molecule has 0 spiro atoms. The second-order valence-corrected chi connectivity index (χ2v) is 4.13. The normalized spacial score (nSPS) is 14.1. The summed E-state index contributed by atoms with van der Waals surface area (Å²) >= 11 is 0. The number of carbonyl (C=O) groups excluding carboxylic acids is 1. The molecule has 2 rings (SSSR count). The molecule has 0 atom stereocenters. The highest BCUT2D eigenvalue weighted by molar-refractivity contribution is 5.96. The molecule has 5 nitrogen and oxygen atoms in total. The molecule has 94 valence electrons. The predicted octanol–water partition coefficient (Wildman–Crippen LogP) is 2.81. The monoisotopic (exact) mass is 248 g/mol. The largest absolute Gasteiger partial charge is 0.312 e. The molecular weight excluding hydrogens is 235 g/mol. The maximum atomic E-state index is 13.1. The summed E-state index contributed by atoms with van der Waals surface area (Å²) < 4.78 is 13.1. The molecule has 1 aromatic carbocycles.